The van der Waals surface area contributed by atoms with E-state index in [-0.39, 0.29) is 30.0 Å². The average Bonchev–Trinajstić information content (AvgIpc) is 3.56. The molecule has 1 aliphatic carbocycles. The number of hydrogen-bond donors (Lipinski definition) is 3. The zero-order chi connectivity index (χ0) is 23.7. The van der Waals surface area contributed by atoms with Crippen molar-refractivity contribution in [3.63, 3.8) is 0 Å². The smallest absolute Gasteiger partial charge is 0.413 e. The van der Waals surface area contributed by atoms with E-state index >= 15 is 0 Å². The minimum absolute atomic E-state index is 0.0633. The van der Waals surface area contributed by atoms with Crippen LogP contribution in [0.3, 0.4) is 0 Å². The Morgan fingerprint density at radius 2 is 1.76 bits per heavy atom. The van der Waals surface area contributed by atoms with Crippen LogP contribution in [0.15, 0.2) is 53.9 Å². The third kappa shape index (κ3) is 4.25. The van der Waals surface area contributed by atoms with E-state index in [0.717, 1.165) is 33.6 Å². The molecule has 1 aromatic heterocycles. The molecule has 1 fully saturated rings. The lowest BCUT2D eigenvalue weighted by molar-refractivity contribution is -0.148. The molecule has 0 bridgehead atoms. The molecule has 2 amide bonds. The third-order valence-corrected chi connectivity index (χ3v) is 6.70. The van der Waals surface area contributed by atoms with Crippen LogP contribution < -0.4 is 10.6 Å². The minimum Gasteiger partial charge on any atom is -0.479 e. The van der Waals surface area contributed by atoms with Gasteiger partial charge in [0, 0.05) is 17.9 Å². The number of aromatic nitrogens is 1. The van der Waals surface area contributed by atoms with Crippen molar-refractivity contribution in [2.45, 2.75) is 24.5 Å². The largest absolute Gasteiger partial charge is 0.479 e. The molecule has 1 saturated heterocycles. The molecular formula is C24H21N3O6S. The van der Waals surface area contributed by atoms with Gasteiger partial charge in [0.05, 0.1) is 6.04 Å². The fourth-order valence-corrected chi connectivity index (χ4v) is 5.06. The predicted octanol–water partition coefficient (Wildman–Crippen LogP) is 3.48. The molecule has 0 radical (unpaired) electrons. The molecule has 2 heterocycles. The first-order chi connectivity index (χ1) is 16.5. The van der Waals surface area contributed by atoms with Gasteiger partial charge in [0.25, 0.3) is 5.91 Å². The van der Waals surface area contributed by atoms with E-state index in [9.17, 15) is 14.4 Å². The zero-order valence-corrected chi connectivity index (χ0v) is 18.7. The topological polar surface area (TPSA) is 127 Å². The maximum Gasteiger partial charge on any atom is 0.413 e. The van der Waals surface area contributed by atoms with E-state index in [1.165, 1.54) is 5.38 Å². The summed E-state index contributed by atoms with van der Waals surface area (Å²) in [4.78, 5) is 40.2. The molecule has 2 aromatic carbocycles. The molecule has 0 spiro atoms. The second kappa shape index (κ2) is 9.24. The number of ether oxygens (including phenoxy) is 2. The molecule has 2 unspecified atom stereocenters. The number of nitrogens with one attached hydrogen (secondary N) is 2. The fraction of sp³-hybridized carbons (Fsp3) is 0.250. The lowest BCUT2D eigenvalue weighted by atomic mass is 9.98. The van der Waals surface area contributed by atoms with Gasteiger partial charge in [0.2, 0.25) is 0 Å². The molecule has 3 aromatic rings. The second-order valence-electron chi connectivity index (χ2n) is 7.99. The van der Waals surface area contributed by atoms with Crippen LogP contribution in [0, 0.1) is 0 Å². The lowest BCUT2D eigenvalue weighted by Gasteiger charge is -2.15. The number of nitrogens with zero attached hydrogens (tertiary/aromatic N) is 1. The van der Waals surface area contributed by atoms with E-state index in [1.807, 2.05) is 36.4 Å². The first-order valence-electron chi connectivity index (χ1n) is 10.7. The average molecular weight is 480 g/mol. The molecule has 2 aliphatic rings. The Morgan fingerprint density at radius 1 is 1.09 bits per heavy atom. The number of hydrogen-bond acceptors (Lipinski definition) is 7. The van der Waals surface area contributed by atoms with Crippen LogP contribution >= 0.6 is 11.3 Å². The van der Waals surface area contributed by atoms with Gasteiger partial charge in [-0.1, -0.05) is 48.5 Å². The molecular weight excluding hydrogens is 458 g/mol. The van der Waals surface area contributed by atoms with Gasteiger partial charge in [-0.2, -0.15) is 0 Å². The first-order valence-corrected chi connectivity index (χ1v) is 11.6. The number of thiazole rings is 1. The maximum atomic E-state index is 12.4. The number of anilines is 1. The Bertz CT molecular complexity index is 1210. The van der Waals surface area contributed by atoms with Gasteiger partial charge in [-0.15, -0.1) is 11.3 Å². The summed E-state index contributed by atoms with van der Waals surface area (Å²) >= 11 is 1.08. The molecule has 0 saturated carbocycles. The van der Waals surface area contributed by atoms with Crippen molar-refractivity contribution < 1.29 is 29.0 Å². The lowest BCUT2D eigenvalue weighted by Crippen LogP contribution is -2.44. The highest BCUT2D eigenvalue weighted by Crippen LogP contribution is 2.44. The Labute approximate surface area is 198 Å². The van der Waals surface area contributed by atoms with Crippen molar-refractivity contribution in [1.29, 1.82) is 0 Å². The predicted molar refractivity (Wildman–Crippen MR) is 124 cm³/mol. The van der Waals surface area contributed by atoms with Crippen molar-refractivity contribution in [2.24, 2.45) is 0 Å². The van der Waals surface area contributed by atoms with Gasteiger partial charge in [-0.25, -0.2) is 14.6 Å². The Balaban J connectivity index is 1.19. The molecule has 2 atom stereocenters. The van der Waals surface area contributed by atoms with Crippen molar-refractivity contribution in [1.82, 2.24) is 10.3 Å². The monoisotopic (exact) mass is 479 g/mol. The van der Waals surface area contributed by atoms with Gasteiger partial charge in [-0.3, -0.25) is 10.1 Å². The van der Waals surface area contributed by atoms with E-state index in [1.54, 1.807) is 0 Å². The molecule has 10 heteroatoms. The summed E-state index contributed by atoms with van der Waals surface area (Å²) < 4.78 is 10.6. The number of benzene rings is 2. The summed E-state index contributed by atoms with van der Waals surface area (Å²) in [5.74, 6) is -1.72. The van der Waals surface area contributed by atoms with E-state index in [0.29, 0.717) is 6.42 Å². The van der Waals surface area contributed by atoms with Crippen LogP contribution in [0.1, 0.15) is 34.0 Å². The van der Waals surface area contributed by atoms with Crippen LogP contribution in [0.5, 0.6) is 0 Å². The number of fused-ring (bicyclic) bond motifs is 3. The number of carbonyl (C=O) groups is 3. The normalized spacial score (nSPS) is 18.7. The highest BCUT2D eigenvalue weighted by molar-refractivity contribution is 7.14. The van der Waals surface area contributed by atoms with Gasteiger partial charge in [0.15, 0.2) is 11.2 Å². The highest BCUT2D eigenvalue weighted by atomic mass is 32.1. The summed E-state index contributed by atoms with van der Waals surface area (Å²) in [5, 5.41) is 16.0. The van der Waals surface area contributed by atoms with E-state index in [4.69, 9.17) is 14.6 Å². The van der Waals surface area contributed by atoms with Crippen LogP contribution in [-0.4, -0.2) is 53.4 Å². The van der Waals surface area contributed by atoms with Gasteiger partial charge < -0.3 is 19.9 Å². The van der Waals surface area contributed by atoms with Crippen LogP contribution in [-0.2, 0) is 14.3 Å². The maximum absolute atomic E-state index is 12.4. The van der Waals surface area contributed by atoms with Crippen LogP contribution in [0.4, 0.5) is 9.93 Å². The minimum atomic E-state index is -1.13. The molecule has 34 heavy (non-hydrogen) atoms. The number of carboxylic acids is 1. The van der Waals surface area contributed by atoms with Crippen molar-refractivity contribution in [3.05, 3.63) is 70.7 Å². The molecule has 174 valence electrons. The van der Waals surface area contributed by atoms with Gasteiger partial charge in [0.1, 0.15) is 12.3 Å². The van der Waals surface area contributed by atoms with E-state index in [2.05, 4.69) is 27.8 Å². The quantitative estimate of drug-likeness (QED) is 0.494. The van der Waals surface area contributed by atoms with E-state index < -0.39 is 30.1 Å². The fourth-order valence-electron chi connectivity index (χ4n) is 4.38. The summed E-state index contributed by atoms with van der Waals surface area (Å²) in [6, 6.07) is 15.5. The van der Waals surface area contributed by atoms with Crippen molar-refractivity contribution >= 4 is 34.4 Å². The molecule has 3 N–H and O–H groups in total. The SMILES string of the molecule is O=C(Nc1nc(C(=O)NC2CCOC2C(=O)O)cs1)OCC1c2ccccc2-c2ccccc21. The van der Waals surface area contributed by atoms with Gasteiger partial charge >= 0.3 is 12.1 Å². The molecule has 1 aliphatic heterocycles. The number of rotatable bonds is 6. The second-order valence-corrected chi connectivity index (χ2v) is 8.84. The van der Waals surface area contributed by atoms with Crippen molar-refractivity contribution in [2.75, 3.05) is 18.5 Å². The molecule has 9 nitrogen and oxygen atoms in total. The highest BCUT2D eigenvalue weighted by Gasteiger charge is 2.35. The number of amides is 2. The summed E-state index contributed by atoms with van der Waals surface area (Å²) in [5.41, 5.74) is 4.58. The Kier molecular flexibility index (Phi) is 5.99. The first kappa shape index (κ1) is 22.1. The molecule has 5 rings (SSSR count). The number of aliphatic carboxylic acids is 1. The summed E-state index contributed by atoms with van der Waals surface area (Å²) in [6.45, 7) is 0.421. The Hall–Kier alpha value is -3.76. The van der Waals surface area contributed by atoms with Crippen LogP contribution in [0.2, 0.25) is 0 Å². The standard InChI is InChI=1S/C24H21N3O6S/c28-21(25-18-9-10-32-20(18)22(29)30)19-12-34-23(26-19)27-24(31)33-11-17-15-7-3-1-5-13(15)14-6-2-4-8-16(14)17/h1-8,12,17-18,20H,9-11H2,(H,25,28)(H,29,30)(H,26,27,31). The van der Waals surface area contributed by atoms with Crippen molar-refractivity contribution in [3.8, 4) is 11.1 Å². The summed E-state index contributed by atoms with van der Waals surface area (Å²) in [7, 11) is 0. The number of carboxylic acid groups (broad SMARTS) is 1. The third-order valence-electron chi connectivity index (χ3n) is 5.94. The summed E-state index contributed by atoms with van der Waals surface area (Å²) in [6.07, 6.45) is -1.35. The Morgan fingerprint density at radius 3 is 2.44 bits per heavy atom. The number of carbonyl (C=O) groups excluding carboxylic acids is 2. The zero-order valence-electron chi connectivity index (χ0n) is 17.9. The van der Waals surface area contributed by atoms with Crippen LogP contribution in [0.25, 0.3) is 11.1 Å². The van der Waals surface area contributed by atoms with Gasteiger partial charge in [-0.05, 0) is 28.7 Å².